The van der Waals surface area contributed by atoms with E-state index in [1.165, 1.54) is 0 Å². The molecular formula is C13H15BrClNO. The Hall–Kier alpha value is -0.820. The second-order valence-electron chi connectivity index (χ2n) is 4.39. The average molecular weight is 317 g/mol. The number of halogens is 2. The Morgan fingerprint density at radius 1 is 1.35 bits per heavy atom. The lowest BCUT2D eigenvalue weighted by atomic mass is 10.1. The van der Waals surface area contributed by atoms with Crippen molar-refractivity contribution in [3.63, 3.8) is 0 Å². The number of benzene rings is 1. The van der Waals surface area contributed by atoms with E-state index in [1.54, 1.807) is 24.3 Å². The maximum Gasteiger partial charge on any atom is 0.216 e. The summed E-state index contributed by atoms with van der Waals surface area (Å²) in [5.41, 5.74) is 0.674. The lowest BCUT2D eigenvalue weighted by Gasteiger charge is -2.26. The predicted octanol–water partition coefficient (Wildman–Crippen LogP) is -0.764. The van der Waals surface area contributed by atoms with Gasteiger partial charge in [0.15, 0.2) is 0 Å². The lowest BCUT2D eigenvalue weighted by Crippen LogP contribution is -3.00. The number of likely N-dealkylation sites (N-methyl/N-ethyl adjacent to an activating group) is 1. The summed E-state index contributed by atoms with van der Waals surface area (Å²) in [6.07, 6.45) is 5.25. The van der Waals surface area contributed by atoms with Crippen molar-refractivity contribution in [2.45, 2.75) is 0 Å². The molecule has 4 heteroatoms. The summed E-state index contributed by atoms with van der Waals surface area (Å²) in [5, 5.41) is 0.633. The van der Waals surface area contributed by atoms with E-state index in [0.717, 1.165) is 0 Å². The highest BCUT2D eigenvalue weighted by molar-refractivity contribution is 6.30. The zero-order valence-corrected chi connectivity index (χ0v) is 12.3. The molecule has 0 fully saturated rings. The SMILES string of the molecule is C#CC[N+](C)(C)CC(=O)c1ccc(Cl)cc1.[Br-]. The number of terminal acetylenes is 1. The quantitative estimate of drug-likeness (QED) is 0.405. The average Bonchev–Trinajstić information content (AvgIpc) is 2.17. The molecule has 0 aliphatic rings. The molecule has 1 rings (SSSR count). The molecule has 0 aliphatic heterocycles. The highest BCUT2D eigenvalue weighted by atomic mass is 79.9. The largest absolute Gasteiger partial charge is 1.00 e. The Kier molecular flexibility index (Phi) is 6.48. The van der Waals surface area contributed by atoms with E-state index in [4.69, 9.17) is 18.0 Å². The minimum atomic E-state index is 0. The van der Waals surface area contributed by atoms with E-state index >= 15 is 0 Å². The van der Waals surface area contributed by atoms with Gasteiger partial charge in [-0.2, -0.15) is 0 Å². The van der Waals surface area contributed by atoms with Crippen LogP contribution in [-0.4, -0.2) is 37.5 Å². The molecule has 0 saturated carbocycles. The first-order valence-electron chi connectivity index (χ1n) is 4.99. The van der Waals surface area contributed by atoms with E-state index in [0.29, 0.717) is 28.2 Å². The third kappa shape index (κ3) is 5.36. The topological polar surface area (TPSA) is 17.1 Å². The van der Waals surface area contributed by atoms with E-state index in [-0.39, 0.29) is 22.8 Å². The molecule has 0 atom stereocenters. The summed E-state index contributed by atoms with van der Waals surface area (Å²) in [4.78, 5) is 11.9. The number of hydrogen-bond acceptors (Lipinski definition) is 1. The van der Waals surface area contributed by atoms with Crippen molar-refractivity contribution in [3.8, 4) is 12.3 Å². The van der Waals surface area contributed by atoms with Crippen molar-refractivity contribution in [2.75, 3.05) is 27.2 Å². The van der Waals surface area contributed by atoms with Gasteiger partial charge in [0.25, 0.3) is 0 Å². The van der Waals surface area contributed by atoms with Crippen molar-refractivity contribution < 1.29 is 26.3 Å². The summed E-state index contributed by atoms with van der Waals surface area (Å²) in [7, 11) is 3.88. The Balaban J connectivity index is 0.00000256. The van der Waals surface area contributed by atoms with Gasteiger partial charge in [-0.1, -0.05) is 11.6 Å². The van der Waals surface area contributed by atoms with Crippen LogP contribution < -0.4 is 17.0 Å². The van der Waals surface area contributed by atoms with Gasteiger partial charge in [0, 0.05) is 10.6 Å². The van der Waals surface area contributed by atoms with Crippen molar-refractivity contribution in [2.24, 2.45) is 0 Å². The second kappa shape index (κ2) is 6.80. The molecule has 0 spiro atoms. The van der Waals surface area contributed by atoms with Crippen LogP contribution in [0.2, 0.25) is 5.02 Å². The number of quaternary nitrogens is 1. The summed E-state index contributed by atoms with van der Waals surface area (Å²) < 4.78 is 0.498. The van der Waals surface area contributed by atoms with Gasteiger partial charge in [-0.25, -0.2) is 0 Å². The Bertz CT molecular complexity index is 420. The molecule has 2 nitrogen and oxygen atoms in total. The maximum absolute atomic E-state index is 11.9. The van der Waals surface area contributed by atoms with Crippen molar-refractivity contribution in [3.05, 3.63) is 34.9 Å². The lowest BCUT2D eigenvalue weighted by molar-refractivity contribution is -0.874. The van der Waals surface area contributed by atoms with Crippen LogP contribution in [0.25, 0.3) is 0 Å². The van der Waals surface area contributed by atoms with Gasteiger partial charge in [-0.05, 0) is 30.2 Å². The van der Waals surface area contributed by atoms with E-state index in [9.17, 15) is 4.79 Å². The molecule has 0 amide bonds. The Morgan fingerprint density at radius 3 is 2.35 bits per heavy atom. The highest BCUT2D eigenvalue weighted by Crippen LogP contribution is 2.11. The molecule has 1 aromatic rings. The second-order valence-corrected chi connectivity index (χ2v) is 4.82. The predicted molar refractivity (Wildman–Crippen MR) is 66.5 cm³/mol. The smallest absolute Gasteiger partial charge is 0.216 e. The number of rotatable bonds is 4. The van der Waals surface area contributed by atoms with Crippen LogP contribution in [0.15, 0.2) is 24.3 Å². The summed E-state index contributed by atoms with van der Waals surface area (Å²) >= 11 is 5.76. The molecule has 0 bridgehead atoms. The van der Waals surface area contributed by atoms with E-state index in [2.05, 4.69) is 5.92 Å². The number of carbonyl (C=O) groups excluding carboxylic acids is 1. The summed E-state index contributed by atoms with van der Waals surface area (Å²) in [6.45, 7) is 0.936. The molecule has 0 aliphatic carbocycles. The fourth-order valence-corrected chi connectivity index (χ4v) is 1.54. The zero-order valence-electron chi connectivity index (χ0n) is 9.91. The molecule has 92 valence electrons. The fraction of sp³-hybridized carbons (Fsp3) is 0.308. The minimum Gasteiger partial charge on any atom is -1.00 e. The number of hydrogen-bond donors (Lipinski definition) is 0. The molecule has 17 heavy (non-hydrogen) atoms. The van der Waals surface area contributed by atoms with Gasteiger partial charge in [-0.3, -0.25) is 4.79 Å². The highest BCUT2D eigenvalue weighted by Gasteiger charge is 2.19. The molecule has 0 heterocycles. The van der Waals surface area contributed by atoms with Crippen LogP contribution in [0, 0.1) is 12.3 Å². The molecular weight excluding hydrogens is 302 g/mol. The molecule has 1 aromatic carbocycles. The van der Waals surface area contributed by atoms with Gasteiger partial charge in [0.1, 0.15) is 13.1 Å². The summed E-state index contributed by atoms with van der Waals surface area (Å²) in [6, 6.07) is 6.91. The molecule has 0 aromatic heterocycles. The number of carbonyl (C=O) groups is 1. The van der Waals surface area contributed by atoms with E-state index in [1.807, 2.05) is 14.1 Å². The molecule has 0 saturated heterocycles. The third-order valence-electron chi connectivity index (χ3n) is 2.26. The van der Waals surface area contributed by atoms with Gasteiger partial charge < -0.3 is 21.5 Å². The van der Waals surface area contributed by atoms with Crippen LogP contribution in [-0.2, 0) is 0 Å². The number of nitrogens with zero attached hydrogens (tertiary/aromatic N) is 1. The van der Waals surface area contributed by atoms with Crippen LogP contribution in [0.5, 0.6) is 0 Å². The Labute approximate surface area is 118 Å². The van der Waals surface area contributed by atoms with Crippen molar-refractivity contribution in [1.82, 2.24) is 0 Å². The molecule has 0 radical (unpaired) electrons. The number of ketones is 1. The van der Waals surface area contributed by atoms with Crippen LogP contribution >= 0.6 is 11.6 Å². The van der Waals surface area contributed by atoms with Gasteiger partial charge in [-0.15, -0.1) is 6.42 Å². The summed E-state index contributed by atoms with van der Waals surface area (Å²) in [5.74, 6) is 2.65. The zero-order chi connectivity index (χ0) is 12.2. The van der Waals surface area contributed by atoms with Crippen LogP contribution in [0.1, 0.15) is 10.4 Å². The van der Waals surface area contributed by atoms with Crippen molar-refractivity contribution >= 4 is 17.4 Å². The first kappa shape index (κ1) is 16.2. The van der Waals surface area contributed by atoms with Crippen LogP contribution in [0.4, 0.5) is 0 Å². The normalized spacial score (nSPS) is 10.2. The van der Waals surface area contributed by atoms with Crippen LogP contribution in [0.3, 0.4) is 0 Å². The monoisotopic (exact) mass is 315 g/mol. The fourth-order valence-electron chi connectivity index (χ4n) is 1.42. The number of Topliss-reactive ketones (excluding diaryl/α,β-unsaturated/α-hetero) is 1. The Morgan fingerprint density at radius 2 is 1.88 bits per heavy atom. The first-order valence-corrected chi connectivity index (χ1v) is 5.37. The van der Waals surface area contributed by atoms with Gasteiger partial charge >= 0.3 is 0 Å². The first-order chi connectivity index (χ1) is 7.44. The standard InChI is InChI=1S/C13H15ClNO.BrH/c1-4-9-15(2,3)10-13(16)11-5-7-12(14)8-6-11;/h1,5-8H,9-10H2,2-3H3;1H/q+1;/p-1. The molecule has 0 N–H and O–H groups in total. The third-order valence-corrected chi connectivity index (χ3v) is 2.51. The maximum atomic E-state index is 11.9. The minimum absolute atomic E-state index is 0. The van der Waals surface area contributed by atoms with Gasteiger partial charge in [0.2, 0.25) is 5.78 Å². The van der Waals surface area contributed by atoms with Gasteiger partial charge in [0.05, 0.1) is 14.1 Å². The van der Waals surface area contributed by atoms with Crippen molar-refractivity contribution in [1.29, 1.82) is 0 Å². The molecule has 0 unspecified atom stereocenters. The van der Waals surface area contributed by atoms with E-state index < -0.39 is 0 Å².